The number of likely N-dealkylation sites (tertiary alicyclic amines) is 1. The summed E-state index contributed by atoms with van der Waals surface area (Å²) in [5.74, 6) is 0.00444. The number of benzene rings is 2. The highest BCUT2D eigenvalue weighted by Crippen LogP contribution is 2.42. The molecular weight excluding hydrogens is 306 g/mol. The van der Waals surface area contributed by atoms with Crippen molar-refractivity contribution in [3.63, 3.8) is 0 Å². The molecule has 1 saturated heterocycles. The average molecular weight is 324 g/mol. The number of nitrogens with zero attached hydrogens (tertiary/aromatic N) is 1. The summed E-state index contributed by atoms with van der Waals surface area (Å²) < 4.78 is 0. The Hall–Kier alpha value is -2.32. The van der Waals surface area contributed by atoms with Crippen LogP contribution in [0.25, 0.3) is 0 Å². The molecule has 0 aromatic heterocycles. The van der Waals surface area contributed by atoms with Gasteiger partial charge in [0.15, 0.2) is 0 Å². The molecular formula is C20H18ClNO. The Morgan fingerprint density at radius 3 is 2.43 bits per heavy atom. The summed E-state index contributed by atoms with van der Waals surface area (Å²) in [7, 11) is 0. The summed E-state index contributed by atoms with van der Waals surface area (Å²) in [6.07, 6.45) is 5.47. The van der Waals surface area contributed by atoms with E-state index in [2.05, 4.69) is 6.58 Å². The van der Waals surface area contributed by atoms with Crippen LogP contribution in [-0.2, 0) is 11.3 Å². The third-order valence-electron chi connectivity index (χ3n) is 4.11. The van der Waals surface area contributed by atoms with Crippen LogP contribution in [0.4, 0.5) is 0 Å². The Bertz CT molecular complexity index is 721. The minimum atomic E-state index is -0.141. The Morgan fingerprint density at radius 2 is 1.78 bits per heavy atom. The second-order valence-electron chi connectivity index (χ2n) is 5.59. The number of hydrogen-bond donors (Lipinski definition) is 0. The Kier molecular flexibility index (Phi) is 4.63. The van der Waals surface area contributed by atoms with E-state index in [0.29, 0.717) is 11.6 Å². The number of β-lactam (4-membered cyclic amide) rings is 1. The summed E-state index contributed by atoms with van der Waals surface area (Å²) >= 11 is 5.98. The Morgan fingerprint density at radius 1 is 1.09 bits per heavy atom. The number of amides is 1. The first-order valence-electron chi connectivity index (χ1n) is 7.60. The third kappa shape index (κ3) is 3.22. The lowest BCUT2D eigenvalue weighted by Crippen LogP contribution is -2.53. The number of halogens is 1. The molecule has 0 radical (unpaired) electrons. The smallest absolute Gasteiger partial charge is 0.232 e. The predicted octanol–water partition coefficient (Wildman–Crippen LogP) is 4.78. The first-order valence-corrected chi connectivity index (χ1v) is 7.97. The van der Waals surface area contributed by atoms with E-state index in [-0.39, 0.29) is 17.9 Å². The largest absolute Gasteiger partial charge is 0.330 e. The summed E-state index contributed by atoms with van der Waals surface area (Å²) in [4.78, 5) is 14.5. The standard InChI is InChI=1S/C20H18ClNO/c1-2-3-9-18-19(16-10-12-17(21)13-11-16)22(20(18)23)14-15-7-5-4-6-8-15/h2-13,18-19H,1,14H2/b9-3+. The van der Waals surface area contributed by atoms with E-state index in [0.717, 1.165) is 11.1 Å². The van der Waals surface area contributed by atoms with Crippen LogP contribution < -0.4 is 0 Å². The molecule has 2 nitrogen and oxygen atoms in total. The second-order valence-corrected chi connectivity index (χ2v) is 6.03. The lowest BCUT2D eigenvalue weighted by atomic mass is 9.81. The van der Waals surface area contributed by atoms with Gasteiger partial charge in [0.1, 0.15) is 0 Å². The van der Waals surface area contributed by atoms with E-state index >= 15 is 0 Å². The molecule has 0 bridgehead atoms. The molecule has 0 N–H and O–H groups in total. The van der Waals surface area contributed by atoms with Crippen LogP contribution in [0.15, 0.2) is 79.4 Å². The van der Waals surface area contributed by atoms with Gasteiger partial charge in [-0.15, -0.1) is 0 Å². The van der Waals surface area contributed by atoms with E-state index in [1.165, 1.54) is 0 Å². The van der Waals surface area contributed by atoms with Crippen LogP contribution in [0.5, 0.6) is 0 Å². The second kappa shape index (κ2) is 6.84. The van der Waals surface area contributed by atoms with Crippen molar-refractivity contribution in [1.29, 1.82) is 0 Å². The molecule has 0 spiro atoms. The molecule has 1 aliphatic rings. The minimum absolute atomic E-state index is 0.0381. The highest BCUT2D eigenvalue weighted by molar-refractivity contribution is 6.30. The summed E-state index contributed by atoms with van der Waals surface area (Å²) in [5, 5.41) is 0.701. The quantitative estimate of drug-likeness (QED) is 0.572. The molecule has 1 amide bonds. The van der Waals surface area contributed by atoms with Crippen molar-refractivity contribution in [2.75, 3.05) is 0 Å². The number of rotatable bonds is 5. The van der Waals surface area contributed by atoms with E-state index in [1.54, 1.807) is 6.08 Å². The molecule has 0 aliphatic carbocycles. The van der Waals surface area contributed by atoms with Gasteiger partial charge in [-0.2, -0.15) is 0 Å². The maximum Gasteiger partial charge on any atom is 0.232 e. The summed E-state index contributed by atoms with van der Waals surface area (Å²) in [6, 6.07) is 17.8. The molecule has 2 atom stereocenters. The fourth-order valence-corrected chi connectivity index (χ4v) is 3.09. The number of carbonyl (C=O) groups excluding carboxylic acids is 1. The van der Waals surface area contributed by atoms with Crippen LogP contribution in [0, 0.1) is 5.92 Å². The number of allylic oxidation sites excluding steroid dienone is 2. The summed E-state index contributed by atoms with van der Waals surface area (Å²) in [6.45, 7) is 4.30. The van der Waals surface area contributed by atoms with E-state index in [4.69, 9.17) is 11.6 Å². The molecule has 1 aliphatic heterocycles. The van der Waals surface area contributed by atoms with Gasteiger partial charge in [0.05, 0.1) is 12.0 Å². The molecule has 23 heavy (non-hydrogen) atoms. The highest BCUT2D eigenvalue weighted by Gasteiger charge is 2.46. The van der Waals surface area contributed by atoms with Gasteiger partial charge in [-0.05, 0) is 23.3 Å². The Labute approximate surface area is 141 Å². The number of carbonyl (C=O) groups is 1. The van der Waals surface area contributed by atoms with Crippen molar-refractivity contribution in [3.05, 3.63) is 95.6 Å². The minimum Gasteiger partial charge on any atom is -0.330 e. The zero-order chi connectivity index (χ0) is 16.2. The van der Waals surface area contributed by atoms with Crippen molar-refractivity contribution in [1.82, 2.24) is 4.90 Å². The molecule has 2 aromatic carbocycles. The van der Waals surface area contributed by atoms with Gasteiger partial charge in [-0.1, -0.05) is 78.9 Å². The normalized spacial score (nSPS) is 20.6. The van der Waals surface area contributed by atoms with Crippen LogP contribution in [-0.4, -0.2) is 10.8 Å². The molecule has 1 heterocycles. The summed E-state index contributed by atoms with van der Waals surface area (Å²) in [5.41, 5.74) is 2.23. The predicted molar refractivity (Wildman–Crippen MR) is 94.0 cm³/mol. The average Bonchev–Trinajstić information content (AvgIpc) is 2.59. The highest BCUT2D eigenvalue weighted by atomic mass is 35.5. The molecule has 2 unspecified atom stereocenters. The monoisotopic (exact) mass is 323 g/mol. The van der Waals surface area contributed by atoms with Crippen molar-refractivity contribution in [2.45, 2.75) is 12.6 Å². The van der Waals surface area contributed by atoms with Crippen LogP contribution >= 0.6 is 11.6 Å². The van der Waals surface area contributed by atoms with Gasteiger partial charge < -0.3 is 4.90 Å². The first kappa shape index (κ1) is 15.6. The third-order valence-corrected chi connectivity index (χ3v) is 4.36. The molecule has 3 rings (SSSR count). The molecule has 2 aromatic rings. The van der Waals surface area contributed by atoms with Crippen molar-refractivity contribution in [3.8, 4) is 0 Å². The van der Waals surface area contributed by atoms with Gasteiger partial charge in [-0.25, -0.2) is 0 Å². The first-order chi connectivity index (χ1) is 11.2. The van der Waals surface area contributed by atoms with Gasteiger partial charge in [-0.3, -0.25) is 4.79 Å². The fourth-order valence-electron chi connectivity index (χ4n) is 2.96. The van der Waals surface area contributed by atoms with Gasteiger partial charge >= 0.3 is 0 Å². The number of hydrogen-bond acceptors (Lipinski definition) is 1. The Balaban J connectivity index is 1.88. The molecule has 1 fully saturated rings. The zero-order valence-corrected chi connectivity index (χ0v) is 13.5. The van der Waals surface area contributed by atoms with Crippen LogP contribution in [0.3, 0.4) is 0 Å². The fraction of sp³-hybridized carbons (Fsp3) is 0.150. The van der Waals surface area contributed by atoms with E-state index in [1.807, 2.05) is 71.6 Å². The van der Waals surface area contributed by atoms with Gasteiger partial charge in [0.2, 0.25) is 5.91 Å². The topological polar surface area (TPSA) is 20.3 Å². The van der Waals surface area contributed by atoms with E-state index in [9.17, 15) is 4.79 Å². The molecule has 116 valence electrons. The zero-order valence-electron chi connectivity index (χ0n) is 12.7. The van der Waals surface area contributed by atoms with Gasteiger partial charge in [0, 0.05) is 11.6 Å². The van der Waals surface area contributed by atoms with Gasteiger partial charge in [0.25, 0.3) is 0 Å². The van der Waals surface area contributed by atoms with E-state index < -0.39 is 0 Å². The van der Waals surface area contributed by atoms with Crippen molar-refractivity contribution in [2.24, 2.45) is 5.92 Å². The SMILES string of the molecule is C=C/C=C/C1C(=O)N(Cc2ccccc2)C1c1ccc(Cl)cc1. The molecule has 3 heteroatoms. The van der Waals surface area contributed by atoms with Crippen LogP contribution in [0.1, 0.15) is 17.2 Å². The lowest BCUT2D eigenvalue weighted by Gasteiger charge is -2.46. The van der Waals surface area contributed by atoms with Crippen molar-refractivity contribution >= 4 is 17.5 Å². The molecule has 0 saturated carbocycles. The maximum atomic E-state index is 12.5. The maximum absolute atomic E-state index is 12.5. The lowest BCUT2D eigenvalue weighted by molar-refractivity contribution is -0.154. The van der Waals surface area contributed by atoms with Crippen molar-refractivity contribution < 1.29 is 4.79 Å². The van der Waals surface area contributed by atoms with Crippen LogP contribution in [0.2, 0.25) is 5.02 Å².